The average Bonchev–Trinajstić information content (AvgIpc) is 2.46. The minimum atomic E-state index is -0.280. The van der Waals surface area contributed by atoms with Crippen molar-refractivity contribution >= 4 is 17.2 Å². The number of thiocarbonyl (C=S) groups is 1. The van der Waals surface area contributed by atoms with Crippen LogP contribution in [0.5, 0.6) is 0 Å². The molecule has 1 saturated carbocycles. The van der Waals surface area contributed by atoms with E-state index in [1.54, 1.807) is 0 Å². The Hall–Kier alpha value is -1.00. The van der Waals surface area contributed by atoms with Crippen molar-refractivity contribution in [3.8, 4) is 0 Å². The van der Waals surface area contributed by atoms with Gasteiger partial charge in [0.15, 0.2) is 0 Å². The molecule has 20 heavy (non-hydrogen) atoms. The van der Waals surface area contributed by atoms with E-state index in [1.807, 2.05) is 6.07 Å². The van der Waals surface area contributed by atoms with Gasteiger partial charge in [-0.3, -0.25) is 4.90 Å². The topological polar surface area (TPSA) is 29.3 Å². The normalized spacial score (nSPS) is 16.6. The first-order valence-corrected chi connectivity index (χ1v) is 7.85. The van der Waals surface area contributed by atoms with Crippen LogP contribution in [0.1, 0.15) is 50.2 Å². The van der Waals surface area contributed by atoms with Crippen molar-refractivity contribution < 1.29 is 4.39 Å². The Balaban J connectivity index is 2.16. The zero-order valence-electron chi connectivity index (χ0n) is 12.1. The van der Waals surface area contributed by atoms with Gasteiger partial charge in [-0.25, -0.2) is 4.39 Å². The van der Waals surface area contributed by atoms with Crippen molar-refractivity contribution in [1.82, 2.24) is 4.90 Å². The summed E-state index contributed by atoms with van der Waals surface area (Å²) in [5.41, 5.74) is 7.43. The molecular weight excluding hydrogens is 271 g/mol. The molecule has 0 amide bonds. The van der Waals surface area contributed by atoms with Crippen molar-refractivity contribution in [2.45, 2.75) is 51.6 Å². The molecule has 0 saturated heterocycles. The Labute approximate surface area is 126 Å². The van der Waals surface area contributed by atoms with Gasteiger partial charge >= 0.3 is 0 Å². The second-order valence-electron chi connectivity index (χ2n) is 5.52. The van der Waals surface area contributed by atoms with Crippen molar-refractivity contribution in [1.29, 1.82) is 0 Å². The lowest BCUT2D eigenvalue weighted by molar-refractivity contribution is 0.156. The summed E-state index contributed by atoms with van der Waals surface area (Å²) in [6, 6.07) is 5.39. The van der Waals surface area contributed by atoms with Crippen LogP contribution in [-0.2, 0) is 6.54 Å². The van der Waals surface area contributed by atoms with E-state index in [9.17, 15) is 4.39 Å². The minimum absolute atomic E-state index is 0.277. The highest BCUT2D eigenvalue weighted by molar-refractivity contribution is 7.80. The van der Waals surface area contributed by atoms with Gasteiger partial charge < -0.3 is 5.73 Å². The van der Waals surface area contributed by atoms with Crippen LogP contribution in [0.2, 0.25) is 0 Å². The zero-order valence-corrected chi connectivity index (χ0v) is 12.9. The third-order valence-electron chi connectivity index (χ3n) is 4.21. The lowest BCUT2D eigenvalue weighted by Crippen LogP contribution is -2.36. The molecule has 0 heterocycles. The van der Waals surface area contributed by atoms with Crippen LogP contribution in [0.15, 0.2) is 18.2 Å². The summed E-state index contributed by atoms with van der Waals surface area (Å²) in [5.74, 6) is -0.280. The highest BCUT2D eigenvalue weighted by atomic mass is 32.1. The second-order valence-corrected chi connectivity index (χ2v) is 5.96. The Morgan fingerprint density at radius 2 is 2.05 bits per heavy atom. The Morgan fingerprint density at radius 3 is 2.65 bits per heavy atom. The molecular formula is C16H23FN2S. The fourth-order valence-corrected chi connectivity index (χ4v) is 3.27. The predicted molar refractivity (Wildman–Crippen MR) is 85.2 cm³/mol. The maximum atomic E-state index is 13.4. The smallest absolute Gasteiger partial charge is 0.123 e. The summed E-state index contributed by atoms with van der Waals surface area (Å²) >= 11 is 5.05. The first-order valence-electron chi connectivity index (χ1n) is 7.44. The van der Waals surface area contributed by atoms with Gasteiger partial charge in [0.05, 0.1) is 0 Å². The van der Waals surface area contributed by atoms with Crippen molar-refractivity contribution in [3.63, 3.8) is 0 Å². The second kappa shape index (κ2) is 7.14. The molecule has 0 bridgehead atoms. The molecule has 4 heteroatoms. The number of benzene rings is 1. The van der Waals surface area contributed by atoms with Crippen LogP contribution in [0.3, 0.4) is 0 Å². The van der Waals surface area contributed by atoms with Crippen LogP contribution in [0.4, 0.5) is 4.39 Å². The molecule has 1 aromatic carbocycles. The Kier molecular flexibility index (Phi) is 5.49. The molecule has 0 unspecified atom stereocenters. The summed E-state index contributed by atoms with van der Waals surface area (Å²) in [4.78, 5) is 2.74. The summed E-state index contributed by atoms with van der Waals surface area (Å²) in [7, 11) is 0. The number of rotatable bonds is 5. The summed E-state index contributed by atoms with van der Waals surface area (Å²) in [5, 5.41) is 0. The third kappa shape index (κ3) is 3.76. The predicted octanol–water partition coefficient (Wildman–Crippen LogP) is 3.61. The van der Waals surface area contributed by atoms with E-state index < -0.39 is 0 Å². The molecule has 0 spiro atoms. The minimum Gasteiger partial charge on any atom is -0.389 e. The number of nitrogens with zero attached hydrogens (tertiary/aromatic N) is 1. The molecule has 1 aromatic rings. The van der Waals surface area contributed by atoms with Gasteiger partial charge in [-0.15, -0.1) is 0 Å². The van der Waals surface area contributed by atoms with E-state index in [4.69, 9.17) is 18.0 Å². The number of hydrogen-bond donors (Lipinski definition) is 1. The van der Waals surface area contributed by atoms with E-state index in [0.717, 1.165) is 18.7 Å². The van der Waals surface area contributed by atoms with Gasteiger partial charge in [0.25, 0.3) is 0 Å². The number of nitrogens with two attached hydrogens (primary N) is 1. The molecule has 0 aromatic heterocycles. The Bertz CT molecular complexity index is 470. The number of hydrogen-bond acceptors (Lipinski definition) is 2. The molecule has 110 valence electrons. The molecule has 0 atom stereocenters. The third-order valence-corrected chi connectivity index (χ3v) is 4.43. The molecule has 0 aliphatic heterocycles. The SMILES string of the molecule is CCN(Cc1ccc(F)cc1C(N)=S)C1CCCCC1. The summed E-state index contributed by atoms with van der Waals surface area (Å²) in [6.07, 6.45) is 6.50. The van der Waals surface area contributed by atoms with Crippen molar-refractivity contribution in [2.24, 2.45) is 5.73 Å². The fourth-order valence-electron chi connectivity index (χ4n) is 3.08. The Morgan fingerprint density at radius 1 is 1.35 bits per heavy atom. The standard InChI is InChI=1S/C16H23FN2S/c1-2-19(14-6-4-3-5-7-14)11-12-8-9-13(17)10-15(12)16(18)20/h8-10,14H,2-7,11H2,1H3,(H2,18,20). The highest BCUT2D eigenvalue weighted by Gasteiger charge is 2.21. The molecule has 1 aliphatic rings. The lowest BCUT2D eigenvalue weighted by atomic mass is 9.93. The zero-order chi connectivity index (χ0) is 14.5. The van der Waals surface area contributed by atoms with Gasteiger partial charge in [0.1, 0.15) is 10.8 Å². The highest BCUT2D eigenvalue weighted by Crippen LogP contribution is 2.24. The molecule has 2 nitrogen and oxygen atoms in total. The van der Waals surface area contributed by atoms with Crippen LogP contribution in [0.25, 0.3) is 0 Å². The first kappa shape index (κ1) is 15.4. The largest absolute Gasteiger partial charge is 0.389 e. The van der Waals surface area contributed by atoms with Crippen molar-refractivity contribution in [2.75, 3.05) is 6.54 Å². The van der Waals surface area contributed by atoms with Gasteiger partial charge in [0, 0.05) is 18.2 Å². The monoisotopic (exact) mass is 294 g/mol. The van der Waals surface area contributed by atoms with E-state index in [1.165, 1.54) is 44.2 Å². The maximum absolute atomic E-state index is 13.4. The molecule has 2 N–H and O–H groups in total. The van der Waals surface area contributed by atoms with Crippen LogP contribution >= 0.6 is 12.2 Å². The van der Waals surface area contributed by atoms with E-state index >= 15 is 0 Å². The van der Waals surface area contributed by atoms with Gasteiger partial charge in [-0.1, -0.05) is 44.5 Å². The van der Waals surface area contributed by atoms with Crippen LogP contribution in [0, 0.1) is 5.82 Å². The van der Waals surface area contributed by atoms with Gasteiger partial charge in [-0.2, -0.15) is 0 Å². The van der Waals surface area contributed by atoms with E-state index in [0.29, 0.717) is 11.6 Å². The average molecular weight is 294 g/mol. The molecule has 1 fully saturated rings. The quantitative estimate of drug-likeness (QED) is 0.841. The fraction of sp³-hybridized carbons (Fsp3) is 0.562. The molecule has 1 aliphatic carbocycles. The van der Waals surface area contributed by atoms with Crippen molar-refractivity contribution in [3.05, 3.63) is 35.1 Å². The first-order chi connectivity index (χ1) is 9.61. The van der Waals surface area contributed by atoms with Gasteiger partial charge in [-0.05, 0) is 37.1 Å². The molecule has 0 radical (unpaired) electrons. The summed E-state index contributed by atoms with van der Waals surface area (Å²) < 4.78 is 13.4. The van der Waals surface area contributed by atoms with E-state index in [2.05, 4.69) is 11.8 Å². The summed E-state index contributed by atoms with van der Waals surface area (Å²) in [6.45, 7) is 3.98. The van der Waals surface area contributed by atoms with Gasteiger partial charge in [0.2, 0.25) is 0 Å². The molecule has 2 rings (SSSR count). The number of halogens is 1. The van der Waals surface area contributed by atoms with Crippen LogP contribution in [-0.4, -0.2) is 22.5 Å². The van der Waals surface area contributed by atoms with E-state index in [-0.39, 0.29) is 10.8 Å². The lowest BCUT2D eigenvalue weighted by Gasteiger charge is -2.34. The maximum Gasteiger partial charge on any atom is 0.123 e. The van der Waals surface area contributed by atoms with Crippen LogP contribution < -0.4 is 5.73 Å².